The highest BCUT2D eigenvalue weighted by atomic mass is 35.5. The van der Waals surface area contributed by atoms with Crippen molar-refractivity contribution in [1.82, 2.24) is 34.0 Å². The second-order valence-electron chi connectivity index (χ2n) is 10.9. The first kappa shape index (κ1) is 33.3. The number of aliphatic hydroxyl groups excluding tert-OH is 1. The van der Waals surface area contributed by atoms with E-state index < -0.39 is 47.8 Å². The number of aromatic nitrogens is 4. The number of piperazine rings is 1. The van der Waals surface area contributed by atoms with Crippen LogP contribution in [0.15, 0.2) is 30.6 Å². The number of β-amino-alcohol motifs (C(OH)–C–C–N with tert-alkyl or cyclic N) is 1. The van der Waals surface area contributed by atoms with Gasteiger partial charge in [0.1, 0.15) is 12.6 Å². The molecule has 4 amide bonds. The Morgan fingerprint density at radius 1 is 1.15 bits per heavy atom. The van der Waals surface area contributed by atoms with E-state index in [0.29, 0.717) is 0 Å². The summed E-state index contributed by atoms with van der Waals surface area (Å²) in [7, 11) is 1.37. The van der Waals surface area contributed by atoms with Crippen molar-refractivity contribution in [1.29, 1.82) is 0 Å². The van der Waals surface area contributed by atoms with Gasteiger partial charge in [0.15, 0.2) is 11.5 Å². The lowest BCUT2D eigenvalue weighted by Crippen LogP contribution is -2.55. The van der Waals surface area contributed by atoms with E-state index in [-0.39, 0.29) is 79.0 Å². The number of alkyl halides is 3. The third-order valence-corrected chi connectivity index (χ3v) is 8.21. The lowest BCUT2D eigenvalue weighted by molar-refractivity contribution is -0.141. The summed E-state index contributed by atoms with van der Waals surface area (Å²) in [5, 5.41) is 25.3. The summed E-state index contributed by atoms with van der Waals surface area (Å²) in [5.74, 6) is 0.394. The number of nitrogens with zero attached hydrogens (tertiary/aromatic N) is 7. The van der Waals surface area contributed by atoms with Crippen molar-refractivity contribution in [3.8, 4) is 23.6 Å². The van der Waals surface area contributed by atoms with Crippen molar-refractivity contribution in [3.05, 3.63) is 52.7 Å². The molecule has 248 valence electrons. The topological polar surface area (TPSA) is 166 Å². The highest BCUT2D eigenvalue weighted by Gasteiger charge is 2.42. The molecule has 47 heavy (non-hydrogen) atoms. The van der Waals surface area contributed by atoms with Crippen LogP contribution < -0.4 is 5.32 Å². The maximum absolute atomic E-state index is 13.7. The van der Waals surface area contributed by atoms with E-state index in [2.05, 4.69) is 21.3 Å². The molecular formula is C29H28ClF3N8O6. The van der Waals surface area contributed by atoms with Crippen LogP contribution in [0.2, 0.25) is 5.02 Å². The van der Waals surface area contributed by atoms with E-state index in [4.69, 9.17) is 18.0 Å². The lowest BCUT2D eigenvalue weighted by atomic mass is 10.1. The van der Waals surface area contributed by atoms with Crippen molar-refractivity contribution in [3.63, 3.8) is 0 Å². The van der Waals surface area contributed by atoms with Gasteiger partial charge in [0.25, 0.3) is 11.8 Å². The Labute approximate surface area is 270 Å². The summed E-state index contributed by atoms with van der Waals surface area (Å²) in [6, 6.07) is 3.18. The Hall–Kier alpha value is -5.08. The molecule has 2 aliphatic heterocycles. The SMILES string of the molecule is C#CCn1cc(-c2cnc(C(=O)Nc3ccc(C(=O)N4CCN(C(=O)[C@@H]5C[C@@H](O)CN5C(=O)O)CC4)c(Cl)c3)n2C)c(C(F)(F)F)n1. The number of terminal acetylenes is 1. The molecule has 2 fully saturated rings. The Bertz CT molecular complexity index is 1780. The van der Waals surface area contributed by atoms with E-state index in [1.54, 1.807) is 0 Å². The number of nitrogens with one attached hydrogen (secondary N) is 1. The van der Waals surface area contributed by atoms with Crippen molar-refractivity contribution in [2.24, 2.45) is 7.05 Å². The van der Waals surface area contributed by atoms with Gasteiger partial charge < -0.3 is 29.9 Å². The molecule has 0 spiro atoms. The molecule has 14 nitrogen and oxygen atoms in total. The normalized spacial score (nSPS) is 18.3. The quantitative estimate of drug-likeness (QED) is 0.335. The molecular weight excluding hydrogens is 649 g/mol. The number of likely N-dealkylation sites (tertiary alicyclic amines) is 1. The third-order valence-electron chi connectivity index (χ3n) is 7.90. The number of anilines is 1. The summed E-state index contributed by atoms with van der Waals surface area (Å²) in [5.41, 5.74) is -1.19. The number of rotatable bonds is 6. The molecule has 0 aliphatic carbocycles. The first-order valence-corrected chi connectivity index (χ1v) is 14.5. The molecule has 2 saturated heterocycles. The molecule has 0 unspecified atom stereocenters. The number of carbonyl (C=O) groups is 4. The summed E-state index contributed by atoms with van der Waals surface area (Å²) < 4.78 is 43.1. The van der Waals surface area contributed by atoms with E-state index in [1.165, 1.54) is 39.6 Å². The van der Waals surface area contributed by atoms with Crippen LogP contribution in [0.25, 0.3) is 11.3 Å². The molecule has 0 bridgehead atoms. The summed E-state index contributed by atoms with van der Waals surface area (Å²) in [6.07, 6.45) is 0.444. The lowest BCUT2D eigenvalue weighted by Gasteiger charge is -2.37. The number of hydrogen-bond donors (Lipinski definition) is 3. The van der Waals surface area contributed by atoms with Gasteiger partial charge in [-0.1, -0.05) is 17.5 Å². The number of imidazole rings is 1. The molecule has 5 rings (SSSR count). The van der Waals surface area contributed by atoms with Gasteiger partial charge in [0, 0.05) is 51.5 Å². The van der Waals surface area contributed by atoms with Crippen molar-refractivity contribution in [2.45, 2.75) is 31.3 Å². The highest BCUT2D eigenvalue weighted by Crippen LogP contribution is 2.36. The predicted molar refractivity (Wildman–Crippen MR) is 159 cm³/mol. The average Bonchev–Trinajstić information content (AvgIpc) is 3.73. The molecule has 3 aromatic rings. The van der Waals surface area contributed by atoms with Gasteiger partial charge in [-0.15, -0.1) is 6.42 Å². The number of carboxylic acid groups (broad SMARTS) is 1. The van der Waals surface area contributed by atoms with Gasteiger partial charge in [-0.3, -0.25) is 24.0 Å². The van der Waals surface area contributed by atoms with Crippen LogP contribution in [0.1, 0.15) is 33.1 Å². The molecule has 2 aliphatic rings. The van der Waals surface area contributed by atoms with E-state index in [9.17, 15) is 42.6 Å². The number of carbonyl (C=O) groups excluding carboxylic acids is 3. The zero-order chi connectivity index (χ0) is 34.2. The van der Waals surface area contributed by atoms with Crippen molar-refractivity contribution in [2.75, 3.05) is 38.0 Å². The first-order valence-electron chi connectivity index (χ1n) is 14.2. The summed E-state index contributed by atoms with van der Waals surface area (Å²) in [4.78, 5) is 58.6. The fourth-order valence-electron chi connectivity index (χ4n) is 5.59. The molecule has 1 aromatic carbocycles. The van der Waals surface area contributed by atoms with Crippen molar-refractivity contribution >= 4 is 41.1 Å². The second-order valence-corrected chi connectivity index (χ2v) is 11.3. The van der Waals surface area contributed by atoms with Crippen LogP contribution in [0.3, 0.4) is 0 Å². The Morgan fingerprint density at radius 3 is 2.45 bits per heavy atom. The van der Waals surface area contributed by atoms with E-state index >= 15 is 0 Å². The fourth-order valence-corrected chi connectivity index (χ4v) is 5.85. The third kappa shape index (κ3) is 6.74. The summed E-state index contributed by atoms with van der Waals surface area (Å²) >= 11 is 6.40. The van der Waals surface area contributed by atoms with Crippen molar-refractivity contribution < 1.29 is 42.6 Å². The molecule has 2 aromatic heterocycles. The number of halogens is 4. The van der Waals surface area contributed by atoms with Crippen LogP contribution >= 0.6 is 11.6 Å². The highest BCUT2D eigenvalue weighted by molar-refractivity contribution is 6.34. The molecule has 3 N–H and O–H groups in total. The monoisotopic (exact) mass is 676 g/mol. The fraction of sp³-hybridized carbons (Fsp3) is 0.379. The van der Waals surface area contributed by atoms with Gasteiger partial charge >= 0.3 is 12.3 Å². The molecule has 0 saturated carbocycles. The number of aliphatic hydroxyl groups is 1. The minimum atomic E-state index is -4.79. The van der Waals surface area contributed by atoms with E-state index in [0.717, 1.165) is 22.0 Å². The maximum atomic E-state index is 13.7. The standard InChI is InChI=1S/C29H28ClF3N8O6/c1-3-6-40-15-19(23(36-40)29(31,32)33)22-13-34-24(37(22)2)25(43)35-16-4-5-18(20(30)11-16)26(44)38-7-9-39(10-8-38)27(45)21-12-17(42)14-41(21)28(46)47/h1,4-5,11,13,15,17,21,42H,6-10,12,14H2,2H3,(H,35,43)(H,46,47)/t17-,21+/m1/s1. The van der Waals surface area contributed by atoms with Crippen LogP contribution in [0.4, 0.5) is 23.7 Å². The first-order chi connectivity index (χ1) is 22.2. The molecule has 2 atom stereocenters. The van der Waals surface area contributed by atoms with E-state index in [1.807, 2.05) is 0 Å². The van der Waals surface area contributed by atoms with Crippen LogP contribution in [-0.4, -0.2) is 113 Å². The number of benzene rings is 1. The zero-order valence-corrected chi connectivity index (χ0v) is 25.5. The Balaban J connectivity index is 1.23. The zero-order valence-electron chi connectivity index (χ0n) is 24.7. The van der Waals surface area contributed by atoms with Gasteiger partial charge in [0.05, 0.1) is 40.7 Å². The number of amides is 4. The predicted octanol–water partition coefficient (Wildman–Crippen LogP) is 2.24. The molecule has 0 radical (unpaired) electrons. The summed E-state index contributed by atoms with van der Waals surface area (Å²) in [6.45, 7) is 0.268. The van der Waals surface area contributed by atoms with Gasteiger partial charge in [-0.25, -0.2) is 9.78 Å². The Morgan fingerprint density at radius 2 is 1.83 bits per heavy atom. The van der Waals surface area contributed by atoms with Crippen LogP contribution in [0.5, 0.6) is 0 Å². The van der Waals surface area contributed by atoms with Crippen LogP contribution in [0, 0.1) is 12.3 Å². The Kier molecular flexibility index (Phi) is 9.18. The maximum Gasteiger partial charge on any atom is 0.435 e. The van der Waals surface area contributed by atoms with Gasteiger partial charge in [-0.2, -0.15) is 18.3 Å². The van der Waals surface area contributed by atoms with Gasteiger partial charge in [-0.05, 0) is 18.2 Å². The van der Waals surface area contributed by atoms with Crippen LogP contribution in [-0.2, 0) is 24.6 Å². The second kappa shape index (κ2) is 13.0. The molecule has 18 heteroatoms. The minimum Gasteiger partial charge on any atom is -0.465 e. The molecule has 4 heterocycles. The van der Waals surface area contributed by atoms with Gasteiger partial charge in [0.2, 0.25) is 5.91 Å². The minimum absolute atomic E-state index is 0.00186. The number of hydrogen-bond acceptors (Lipinski definition) is 7. The smallest absolute Gasteiger partial charge is 0.435 e. The average molecular weight is 677 g/mol. The largest absolute Gasteiger partial charge is 0.465 e.